The topological polar surface area (TPSA) is 55.8 Å². The number of carbonyl (C=O) groups is 1. The van der Waals surface area contributed by atoms with Gasteiger partial charge in [-0.05, 0) is 40.3 Å². The Kier molecular flexibility index (Phi) is 5.32. The maximum Gasteiger partial charge on any atom is 0.257 e. The van der Waals surface area contributed by atoms with Crippen molar-refractivity contribution < 1.29 is 4.79 Å². The number of nitrogens with zero attached hydrogens (tertiary/aromatic N) is 6. The standard InChI is InChI=1S/C20H32N6O/c1-15-6-4-5-7-26(15)17-13-25(14-17)19(27)18-12-21-20(22-16(18)2)24-10-8-23(3)9-11-24/h12,15,17H,4-11,13-14H2,1-3H3/t15-/m0/s1. The number of amides is 1. The first-order valence-electron chi connectivity index (χ1n) is 10.3. The van der Waals surface area contributed by atoms with Crippen molar-refractivity contribution in [3.63, 3.8) is 0 Å². The van der Waals surface area contributed by atoms with E-state index >= 15 is 0 Å². The number of aryl methyl sites for hydroxylation is 1. The molecular weight excluding hydrogens is 340 g/mol. The molecule has 3 saturated heterocycles. The minimum Gasteiger partial charge on any atom is -0.338 e. The fraction of sp³-hybridized carbons (Fsp3) is 0.750. The van der Waals surface area contributed by atoms with E-state index in [0.717, 1.165) is 50.9 Å². The Hall–Kier alpha value is -1.73. The van der Waals surface area contributed by atoms with E-state index in [4.69, 9.17) is 0 Å². The van der Waals surface area contributed by atoms with Crippen LogP contribution in [0.15, 0.2) is 6.20 Å². The molecule has 148 valence electrons. The fourth-order valence-corrected chi connectivity index (χ4v) is 4.49. The number of hydrogen-bond donors (Lipinski definition) is 0. The Morgan fingerprint density at radius 3 is 2.52 bits per heavy atom. The minimum atomic E-state index is 0.0818. The second-order valence-corrected chi connectivity index (χ2v) is 8.41. The third-order valence-electron chi connectivity index (χ3n) is 6.46. The molecule has 0 saturated carbocycles. The Morgan fingerprint density at radius 2 is 1.85 bits per heavy atom. The van der Waals surface area contributed by atoms with Crippen LogP contribution in [-0.4, -0.2) is 95.5 Å². The van der Waals surface area contributed by atoms with Crippen molar-refractivity contribution in [2.75, 3.05) is 57.8 Å². The van der Waals surface area contributed by atoms with Gasteiger partial charge in [-0.15, -0.1) is 0 Å². The lowest BCUT2D eigenvalue weighted by Gasteiger charge is -2.49. The summed E-state index contributed by atoms with van der Waals surface area (Å²) in [7, 11) is 2.14. The van der Waals surface area contributed by atoms with Gasteiger partial charge in [0.25, 0.3) is 5.91 Å². The van der Waals surface area contributed by atoms with Crippen LogP contribution in [-0.2, 0) is 0 Å². The van der Waals surface area contributed by atoms with Gasteiger partial charge >= 0.3 is 0 Å². The number of hydrogen-bond acceptors (Lipinski definition) is 6. The third kappa shape index (κ3) is 3.80. The van der Waals surface area contributed by atoms with Crippen molar-refractivity contribution in [2.24, 2.45) is 0 Å². The lowest BCUT2D eigenvalue weighted by molar-refractivity contribution is 0.00203. The van der Waals surface area contributed by atoms with Crippen LogP contribution in [0.3, 0.4) is 0 Å². The van der Waals surface area contributed by atoms with Crippen LogP contribution in [0.4, 0.5) is 5.95 Å². The first kappa shape index (κ1) is 18.6. The van der Waals surface area contributed by atoms with Gasteiger partial charge in [0.05, 0.1) is 11.3 Å². The average Bonchev–Trinajstić information content (AvgIpc) is 2.62. The molecule has 27 heavy (non-hydrogen) atoms. The summed E-state index contributed by atoms with van der Waals surface area (Å²) in [6.45, 7) is 11.0. The van der Waals surface area contributed by atoms with Gasteiger partial charge in [-0.2, -0.15) is 0 Å². The molecule has 0 radical (unpaired) electrons. The lowest BCUT2D eigenvalue weighted by Crippen LogP contribution is -2.63. The summed E-state index contributed by atoms with van der Waals surface area (Å²) in [6.07, 6.45) is 5.64. The summed E-state index contributed by atoms with van der Waals surface area (Å²) in [6, 6.07) is 1.17. The van der Waals surface area contributed by atoms with Gasteiger partial charge in [0, 0.05) is 57.5 Å². The number of carbonyl (C=O) groups excluding carboxylic acids is 1. The van der Waals surface area contributed by atoms with Crippen LogP contribution in [0, 0.1) is 6.92 Å². The van der Waals surface area contributed by atoms with Crippen LogP contribution in [0.1, 0.15) is 42.2 Å². The highest BCUT2D eigenvalue weighted by Crippen LogP contribution is 2.26. The van der Waals surface area contributed by atoms with E-state index in [1.807, 2.05) is 11.8 Å². The van der Waals surface area contributed by atoms with Crippen LogP contribution in [0.25, 0.3) is 0 Å². The highest BCUT2D eigenvalue weighted by Gasteiger charge is 2.38. The van der Waals surface area contributed by atoms with Crippen LogP contribution in [0.5, 0.6) is 0 Å². The molecule has 0 bridgehead atoms. The van der Waals surface area contributed by atoms with Crippen molar-refractivity contribution in [3.8, 4) is 0 Å². The van der Waals surface area contributed by atoms with Crippen molar-refractivity contribution in [1.29, 1.82) is 0 Å². The molecule has 1 aromatic rings. The van der Waals surface area contributed by atoms with Gasteiger partial charge in [0.2, 0.25) is 5.95 Å². The average molecular weight is 373 g/mol. The number of likely N-dealkylation sites (N-methyl/N-ethyl adjacent to an activating group) is 1. The molecule has 1 amide bonds. The second kappa shape index (κ2) is 7.72. The number of piperidine rings is 1. The molecule has 3 fully saturated rings. The summed E-state index contributed by atoms with van der Waals surface area (Å²) in [5, 5.41) is 0. The van der Waals surface area contributed by atoms with Crippen LogP contribution < -0.4 is 4.90 Å². The molecule has 0 spiro atoms. The molecule has 0 aliphatic carbocycles. The summed E-state index contributed by atoms with van der Waals surface area (Å²) in [5.74, 6) is 0.833. The fourth-order valence-electron chi connectivity index (χ4n) is 4.49. The van der Waals surface area contributed by atoms with Crippen molar-refractivity contribution >= 4 is 11.9 Å². The zero-order chi connectivity index (χ0) is 19.0. The smallest absolute Gasteiger partial charge is 0.257 e. The number of rotatable bonds is 3. The van der Waals surface area contributed by atoms with Gasteiger partial charge in [-0.1, -0.05) is 6.42 Å². The Bertz CT molecular complexity index is 681. The maximum absolute atomic E-state index is 12.9. The third-order valence-corrected chi connectivity index (χ3v) is 6.46. The molecule has 3 aliphatic rings. The molecule has 1 aromatic heterocycles. The number of anilines is 1. The minimum absolute atomic E-state index is 0.0818. The van der Waals surface area contributed by atoms with E-state index in [0.29, 0.717) is 17.6 Å². The lowest BCUT2D eigenvalue weighted by atomic mass is 9.97. The summed E-state index contributed by atoms with van der Waals surface area (Å²) in [5.41, 5.74) is 1.44. The highest BCUT2D eigenvalue weighted by molar-refractivity contribution is 5.95. The first-order valence-corrected chi connectivity index (χ1v) is 10.3. The number of likely N-dealkylation sites (tertiary alicyclic amines) is 2. The van der Waals surface area contributed by atoms with Crippen molar-refractivity contribution in [1.82, 2.24) is 24.7 Å². The molecule has 7 nitrogen and oxygen atoms in total. The molecule has 3 aliphatic heterocycles. The molecule has 0 aromatic carbocycles. The largest absolute Gasteiger partial charge is 0.338 e. The zero-order valence-electron chi connectivity index (χ0n) is 16.9. The van der Waals surface area contributed by atoms with Crippen molar-refractivity contribution in [3.05, 3.63) is 17.5 Å². The van der Waals surface area contributed by atoms with E-state index < -0.39 is 0 Å². The molecular formula is C20H32N6O. The maximum atomic E-state index is 12.9. The highest BCUT2D eigenvalue weighted by atomic mass is 16.2. The summed E-state index contributed by atoms with van der Waals surface area (Å²) < 4.78 is 0. The Morgan fingerprint density at radius 1 is 1.11 bits per heavy atom. The second-order valence-electron chi connectivity index (χ2n) is 8.41. The van der Waals surface area contributed by atoms with Gasteiger partial charge in [0.1, 0.15) is 0 Å². The zero-order valence-corrected chi connectivity index (χ0v) is 16.9. The normalized spacial score (nSPS) is 25.5. The van der Waals surface area contributed by atoms with Crippen LogP contribution in [0.2, 0.25) is 0 Å². The molecule has 0 N–H and O–H groups in total. The quantitative estimate of drug-likeness (QED) is 0.796. The van der Waals surface area contributed by atoms with Gasteiger partial charge < -0.3 is 14.7 Å². The van der Waals surface area contributed by atoms with Gasteiger partial charge in [0.15, 0.2) is 0 Å². The van der Waals surface area contributed by atoms with Crippen molar-refractivity contribution in [2.45, 2.75) is 45.2 Å². The van der Waals surface area contributed by atoms with E-state index in [1.54, 1.807) is 6.20 Å². The summed E-state index contributed by atoms with van der Waals surface area (Å²) >= 11 is 0. The molecule has 7 heteroatoms. The monoisotopic (exact) mass is 372 g/mol. The van der Waals surface area contributed by atoms with E-state index in [1.165, 1.54) is 25.8 Å². The van der Waals surface area contributed by atoms with E-state index in [2.05, 4.69) is 38.6 Å². The molecule has 0 unspecified atom stereocenters. The summed E-state index contributed by atoms with van der Waals surface area (Å²) in [4.78, 5) is 31.1. The molecule has 4 rings (SSSR count). The molecule has 1 atom stereocenters. The number of piperazine rings is 1. The predicted octanol–water partition coefficient (Wildman–Crippen LogP) is 1.24. The van der Waals surface area contributed by atoms with Gasteiger partial charge in [-0.3, -0.25) is 9.69 Å². The molecule has 4 heterocycles. The van der Waals surface area contributed by atoms with Gasteiger partial charge in [-0.25, -0.2) is 9.97 Å². The SMILES string of the molecule is Cc1nc(N2CCN(C)CC2)ncc1C(=O)N1CC(N2CCCC[C@@H]2C)C1. The first-order chi connectivity index (χ1) is 13.0. The predicted molar refractivity (Wildman–Crippen MR) is 106 cm³/mol. The van der Waals surface area contributed by atoms with Crippen LogP contribution >= 0.6 is 0 Å². The van der Waals surface area contributed by atoms with E-state index in [9.17, 15) is 4.79 Å². The Labute approximate surface area is 162 Å². The van der Waals surface area contributed by atoms with E-state index in [-0.39, 0.29) is 5.91 Å². The number of aromatic nitrogens is 2. The Balaban J connectivity index is 1.37.